The van der Waals surface area contributed by atoms with Crippen LogP contribution >= 0.6 is 0 Å². The SMILES string of the molecule is CCC1CCCCC1C(N)C(OC)c1ccccc1. The van der Waals surface area contributed by atoms with Gasteiger partial charge < -0.3 is 10.5 Å². The van der Waals surface area contributed by atoms with Crippen LogP contribution in [0.3, 0.4) is 0 Å². The lowest BCUT2D eigenvalue weighted by Gasteiger charge is -2.38. The van der Waals surface area contributed by atoms with E-state index in [2.05, 4.69) is 31.2 Å². The molecule has 1 fully saturated rings. The predicted octanol–water partition coefficient (Wildman–Crippen LogP) is 3.92. The standard InChI is InChI=1S/C17H27NO/c1-3-13-9-7-8-12-15(13)16(18)17(19-2)14-10-5-4-6-11-14/h4-6,10-11,13,15-17H,3,7-9,12,18H2,1-2H3. The average Bonchev–Trinajstić information content (AvgIpc) is 2.49. The van der Waals surface area contributed by atoms with E-state index >= 15 is 0 Å². The van der Waals surface area contributed by atoms with E-state index in [-0.39, 0.29) is 12.1 Å². The van der Waals surface area contributed by atoms with E-state index in [0.717, 1.165) is 5.92 Å². The molecule has 0 radical (unpaired) electrons. The fourth-order valence-corrected chi connectivity index (χ4v) is 3.63. The fourth-order valence-electron chi connectivity index (χ4n) is 3.63. The van der Waals surface area contributed by atoms with E-state index in [1.54, 1.807) is 7.11 Å². The molecule has 0 aromatic heterocycles. The lowest BCUT2D eigenvalue weighted by molar-refractivity contribution is 0.0371. The normalized spacial score (nSPS) is 26.9. The highest BCUT2D eigenvalue weighted by molar-refractivity contribution is 5.19. The molecule has 2 rings (SSSR count). The summed E-state index contributed by atoms with van der Waals surface area (Å²) in [6, 6.07) is 10.5. The molecule has 1 aliphatic carbocycles. The minimum Gasteiger partial charge on any atom is -0.375 e. The van der Waals surface area contributed by atoms with Crippen LogP contribution in [-0.4, -0.2) is 13.2 Å². The van der Waals surface area contributed by atoms with E-state index in [9.17, 15) is 0 Å². The number of ether oxygens (including phenoxy) is 1. The first-order valence-corrected chi connectivity index (χ1v) is 7.61. The van der Waals surface area contributed by atoms with Crippen LogP contribution in [-0.2, 0) is 4.74 Å². The molecule has 0 aliphatic heterocycles. The molecule has 2 N–H and O–H groups in total. The molecule has 4 unspecified atom stereocenters. The number of nitrogens with two attached hydrogens (primary N) is 1. The van der Waals surface area contributed by atoms with E-state index in [1.165, 1.54) is 37.7 Å². The van der Waals surface area contributed by atoms with Crippen LogP contribution in [0.1, 0.15) is 50.7 Å². The quantitative estimate of drug-likeness (QED) is 0.872. The third kappa shape index (κ3) is 3.37. The summed E-state index contributed by atoms with van der Waals surface area (Å²) in [7, 11) is 1.78. The van der Waals surface area contributed by atoms with Gasteiger partial charge in [-0.2, -0.15) is 0 Å². The zero-order valence-corrected chi connectivity index (χ0v) is 12.2. The van der Waals surface area contributed by atoms with E-state index in [0.29, 0.717) is 5.92 Å². The van der Waals surface area contributed by atoms with Crippen LogP contribution in [0, 0.1) is 11.8 Å². The van der Waals surface area contributed by atoms with Gasteiger partial charge >= 0.3 is 0 Å². The first-order chi connectivity index (χ1) is 9.27. The molecule has 0 heterocycles. The van der Waals surface area contributed by atoms with Crippen LogP contribution in [0.2, 0.25) is 0 Å². The number of hydrogen-bond donors (Lipinski definition) is 1. The number of benzene rings is 1. The predicted molar refractivity (Wildman–Crippen MR) is 79.9 cm³/mol. The maximum Gasteiger partial charge on any atom is 0.0974 e. The molecule has 1 aromatic rings. The van der Waals surface area contributed by atoms with Gasteiger partial charge in [-0.25, -0.2) is 0 Å². The Labute approximate surface area is 117 Å². The lowest BCUT2D eigenvalue weighted by Crippen LogP contribution is -2.42. The summed E-state index contributed by atoms with van der Waals surface area (Å²) in [4.78, 5) is 0. The Morgan fingerprint density at radius 3 is 2.53 bits per heavy atom. The summed E-state index contributed by atoms with van der Waals surface area (Å²) in [5.41, 5.74) is 7.78. The Balaban J connectivity index is 2.13. The van der Waals surface area contributed by atoms with Gasteiger partial charge in [-0.15, -0.1) is 0 Å². The maximum atomic E-state index is 6.58. The minimum absolute atomic E-state index is 0.0262. The molecule has 0 bridgehead atoms. The summed E-state index contributed by atoms with van der Waals surface area (Å²) in [5, 5.41) is 0. The van der Waals surface area contributed by atoms with Crippen molar-refractivity contribution in [2.75, 3.05) is 7.11 Å². The Morgan fingerprint density at radius 2 is 1.89 bits per heavy atom. The molecule has 0 spiro atoms. The second-order valence-corrected chi connectivity index (χ2v) is 5.76. The van der Waals surface area contributed by atoms with Gasteiger partial charge in [0.15, 0.2) is 0 Å². The largest absolute Gasteiger partial charge is 0.375 e. The molecular formula is C17H27NO. The van der Waals surface area contributed by atoms with Crippen molar-refractivity contribution in [1.29, 1.82) is 0 Å². The van der Waals surface area contributed by atoms with Crippen LogP contribution in [0.15, 0.2) is 30.3 Å². The molecule has 4 atom stereocenters. The van der Waals surface area contributed by atoms with Crippen LogP contribution in [0.25, 0.3) is 0 Å². The summed E-state index contributed by atoms with van der Waals surface area (Å²) < 4.78 is 5.72. The smallest absolute Gasteiger partial charge is 0.0974 e. The second kappa shape index (κ2) is 7.06. The van der Waals surface area contributed by atoms with Gasteiger partial charge in [-0.05, 0) is 23.8 Å². The highest BCUT2D eigenvalue weighted by Gasteiger charge is 2.33. The van der Waals surface area contributed by atoms with Gasteiger partial charge in [0.25, 0.3) is 0 Å². The van der Waals surface area contributed by atoms with E-state index in [4.69, 9.17) is 10.5 Å². The van der Waals surface area contributed by atoms with Gasteiger partial charge in [-0.3, -0.25) is 0 Å². The molecule has 0 saturated heterocycles. The Morgan fingerprint density at radius 1 is 1.21 bits per heavy atom. The van der Waals surface area contributed by atoms with Crippen molar-refractivity contribution in [3.05, 3.63) is 35.9 Å². The first-order valence-electron chi connectivity index (χ1n) is 7.61. The van der Waals surface area contributed by atoms with Crippen molar-refractivity contribution < 1.29 is 4.74 Å². The number of methoxy groups -OCH3 is 1. The summed E-state index contributed by atoms with van der Waals surface area (Å²) in [6.07, 6.45) is 6.54. The zero-order chi connectivity index (χ0) is 13.7. The maximum absolute atomic E-state index is 6.58. The van der Waals surface area contributed by atoms with Gasteiger partial charge in [0.05, 0.1) is 6.10 Å². The minimum atomic E-state index is 0.0262. The van der Waals surface area contributed by atoms with E-state index in [1.807, 2.05) is 6.07 Å². The van der Waals surface area contributed by atoms with Crippen molar-refractivity contribution in [3.63, 3.8) is 0 Å². The molecule has 106 valence electrons. The molecule has 2 heteroatoms. The lowest BCUT2D eigenvalue weighted by atomic mass is 9.72. The van der Waals surface area contributed by atoms with Crippen LogP contribution < -0.4 is 5.73 Å². The van der Waals surface area contributed by atoms with Gasteiger partial charge in [0, 0.05) is 13.2 Å². The molecule has 2 nitrogen and oxygen atoms in total. The monoisotopic (exact) mass is 261 g/mol. The first kappa shape index (κ1) is 14.5. The fraction of sp³-hybridized carbons (Fsp3) is 0.647. The Kier molecular flexibility index (Phi) is 5.41. The highest BCUT2D eigenvalue weighted by Crippen LogP contribution is 2.38. The summed E-state index contributed by atoms with van der Waals surface area (Å²) in [5.74, 6) is 1.37. The van der Waals surface area contributed by atoms with Crippen molar-refractivity contribution in [3.8, 4) is 0 Å². The van der Waals surface area contributed by atoms with Gasteiger partial charge in [0.2, 0.25) is 0 Å². The van der Waals surface area contributed by atoms with Crippen molar-refractivity contribution in [2.45, 2.75) is 51.2 Å². The highest BCUT2D eigenvalue weighted by atomic mass is 16.5. The van der Waals surface area contributed by atoms with Crippen LogP contribution in [0.5, 0.6) is 0 Å². The molecule has 0 amide bonds. The molecule has 1 aromatic carbocycles. The van der Waals surface area contributed by atoms with Crippen molar-refractivity contribution in [2.24, 2.45) is 17.6 Å². The van der Waals surface area contributed by atoms with Gasteiger partial charge in [-0.1, -0.05) is 62.9 Å². The number of hydrogen-bond acceptors (Lipinski definition) is 2. The van der Waals surface area contributed by atoms with Crippen LogP contribution in [0.4, 0.5) is 0 Å². The number of rotatable bonds is 5. The zero-order valence-electron chi connectivity index (χ0n) is 12.2. The average molecular weight is 261 g/mol. The molecule has 1 saturated carbocycles. The topological polar surface area (TPSA) is 35.2 Å². The van der Waals surface area contributed by atoms with Crippen molar-refractivity contribution >= 4 is 0 Å². The Hall–Kier alpha value is -0.860. The van der Waals surface area contributed by atoms with Crippen molar-refractivity contribution in [1.82, 2.24) is 0 Å². The summed E-state index contributed by atoms with van der Waals surface area (Å²) in [6.45, 7) is 2.29. The molecule has 19 heavy (non-hydrogen) atoms. The third-order valence-corrected chi connectivity index (χ3v) is 4.72. The summed E-state index contributed by atoms with van der Waals surface area (Å²) >= 11 is 0. The third-order valence-electron chi connectivity index (χ3n) is 4.72. The second-order valence-electron chi connectivity index (χ2n) is 5.76. The molecule has 1 aliphatic rings. The van der Waals surface area contributed by atoms with E-state index < -0.39 is 0 Å². The van der Waals surface area contributed by atoms with Gasteiger partial charge in [0.1, 0.15) is 0 Å². The Bertz CT molecular complexity index is 365. The molecular weight excluding hydrogens is 234 g/mol.